The molecule has 0 atom stereocenters. The van der Waals surface area contributed by atoms with Gasteiger partial charge in [-0.15, -0.1) is 0 Å². The molecule has 0 saturated carbocycles. The van der Waals surface area contributed by atoms with Gasteiger partial charge in [0, 0.05) is 10.2 Å². The van der Waals surface area contributed by atoms with E-state index in [-0.39, 0.29) is 11.3 Å². The summed E-state index contributed by atoms with van der Waals surface area (Å²) in [4.78, 5) is 22.8. The van der Waals surface area contributed by atoms with Crippen LogP contribution in [0.15, 0.2) is 46.9 Å². The second kappa shape index (κ2) is 6.36. The lowest BCUT2D eigenvalue weighted by Crippen LogP contribution is -2.21. The molecule has 0 aromatic heterocycles. The zero-order valence-corrected chi connectivity index (χ0v) is 12.1. The minimum absolute atomic E-state index is 0.320. The zero-order chi connectivity index (χ0) is 15.4. The Bertz CT molecular complexity index is 706. The summed E-state index contributed by atoms with van der Waals surface area (Å²) in [7, 11) is 0. The minimum Gasteiger partial charge on any atom is -0.478 e. The molecule has 21 heavy (non-hydrogen) atoms. The number of carbonyl (C=O) groups excluding carboxylic acids is 1. The van der Waals surface area contributed by atoms with Crippen LogP contribution in [0, 0.1) is 5.82 Å². The van der Waals surface area contributed by atoms with Crippen LogP contribution in [0.3, 0.4) is 0 Å². The first-order valence-electron chi connectivity index (χ1n) is 5.83. The van der Waals surface area contributed by atoms with Gasteiger partial charge in [0.2, 0.25) is 0 Å². The van der Waals surface area contributed by atoms with E-state index >= 15 is 0 Å². The quantitative estimate of drug-likeness (QED) is 0.782. The molecule has 0 aliphatic rings. The topological polar surface area (TPSA) is 78.4 Å². The van der Waals surface area contributed by atoms with Crippen molar-refractivity contribution in [3.8, 4) is 0 Å². The lowest BCUT2D eigenvalue weighted by molar-refractivity contribution is 0.0697. The van der Waals surface area contributed by atoms with E-state index in [1.807, 2.05) is 0 Å². The lowest BCUT2D eigenvalue weighted by atomic mass is 10.1. The monoisotopic (exact) mass is 352 g/mol. The molecule has 2 rings (SSSR count). The number of benzene rings is 2. The van der Waals surface area contributed by atoms with Crippen molar-refractivity contribution in [2.45, 2.75) is 0 Å². The number of anilines is 2. The van der Waals surface area contributed by atoms with Gasteiger partial charge in [-0.25, -0.2) is 14.0 Å². The second-order valence-corrected chi connectivity index (χ2v) is 4.97. The molecular weight excluding hydrogens is 343 g/mol. The molecule has 3 N–H and O–H groups in total. The predicted molar refractivity (Wildman–Crippen MR) is 80.1 cm³/mol. The molecule has 0 spiro atoms. The Balaban J connectivity index is 2.18. The maximum Gasteiger partial charge on any atom is 0.337 e. The lowest BCUT2D eigenvalue weighted by Gasteiger charge is -2.11. The van der Waals surface area contributed by atoms with Gasteiger partial charge in [-0.1, -0.05) is 28.1 Å². The van der Waals surface area contributed by atoms with E-state index < -0.39 is 17.8 Å². The number of carboxylic acid groups (broad SMARTS) is 1. The number of para-hydroxylation sites is 1. The Kier molecular flexibility index (Phi) is 4.54. The van der Waals surface area contributed by atoms with Crippen molar-refractivity contribution in [3.05, 3.63) is 58.3 Å². The van der Waals surface area contributed by atoms with Crippen molar-refractivity contribution in [2.24, 2.45) is 0 Å². The summed E-state index contributed by atoms with van der Waals surface area (Å²) in [5.41, 5.74) is -0.216. The highest BCUT2D eigenvalue weighted by atomic mass is 79.9. The highest BCUT2D eigenvalue weighted by molar-refractivity contribution is 9.10. The first kappa shape index (κ1) is 15.0. The molecule has 0 fully saturated rings. The fourth-order valence-corrected chi connectivity index (χ4v) is 2.07. The summed E-state index contributed by atoms with van der Waals surface area (Å²) in [6.45, 7) is 0. The molecular formula is C14H10BrFN2O3. The number of aromatic carboxylic acids is 1. The molecule has 0 radical (unpaired) electrons. The van der Waals surface area contributed by atoms with Crippen molar-refractivity contribution in [2.75, 3.05) is 10.6 Å². The van der Waals surface area contributed by atoms with Gasteiger partial charge < -0.3 is 15.7 Å². The Morgan fingerprint density at radius 2 is 1.81 bits per heavy atom. The largest absolute Gasteiger partial charge is 0.478 e. The van der Waals surface area contributed by atoms with E-state index in [0.29, 0.717) is 5.69 Å². The molecule has 5 nitrogen and oxygen atoms in total. The number of carbonyl (C=O) groups is 2. The Hall–Kier alpha value is -2.41. The van der Waals surface area contributed by atoms with Crippen molar-refractivity contribution < 1.29 is 19.1 Å². The molecule has 0 unspecified atom stereocenters. The molecule has 2 aromatic rings. The normalized spacial score (nSPS) is 10.0. The van der Waals surface area contributed by atoms with Crippen LogP contribution in [-0.4, -0.2) is 17.1 Å². The molecule has 7 heteroatoms. The zero-order valence-electron chi connectivity index (χ0n) is 10.6. The van der Waals surface area contributed by atoms with E-state index in [9.17, 15) is 14.0 Å². The first-order chi connectivity index (χ1) is 9.97. The molecule has 0 aliphatic carbocycles. The number of amides is 2. The van der Waals surface area contributed by atoms with Gasteiger partial charge >= 0.3 is 12.0 Å². The highest BCUT2D eigenvalue weighted by Crippen LogP contribution is 2.21. The fraction of sp³-hybridized carbons (Fsp3) is 0. The third kappa shape index (κ3) is 3.79. The molecule has 0 bridgehead atoms. The third-order valence-corrected chi connectivity index (χ3v) is 3.06. The molecule has 0 heterocycles. The Labute approximate surface area is 127 Å². The van der Waals surface area contributed by atoms with Crippen molar-refractivity contribution in [1.29, 1.82) is 0 Å². The minimum atomic E-state index is -1.33. The van der Waals surface area contributed by atoms with Crippen LogP contribution in [0.25, 0.3) is 0 Å². The van der Waals surface area contributed by atoms with Crippen molar-refractivity contribution in [3.63, 3.8) is 0 Å². The number of rotatable bonds is 3. The summed E-state index contributed by atoms with van der Waals surface area (Å²) in [5.74, 6) is -2.15. The molecule has 108 valence electrons. The van der Waals surface area contributed by atoms with Crippen LogP contribution in [0.4, 0.5) is 20.6 Å². The standard InChI is InChI=1S/C14H10BrFN2O3/c15-8-3-1-4-9(7-8)17-14(21)18-12-10(13(19)20)5-2-6-11(12)16/h1-7H,(H,19,20)(H2,17,18,21). The Morgan fingerprint density at radius 3 is 2.48 bits per heavy atom. The number of nitrogens with one attached hydrogen (secondary N) is 2. The Morgan fingerprint density at radius 1 is 1.10 bits per heavy atom. The van der Waals surface area contributed by atoms with Crippen LogP contribution < -0.4 is 10.6 Å². The predicted octanol–water partition coefficient (Wildman–Crippen LogP) is 3.93. The van der Waals surface area contributed by atoms with Crippen molar-refractivity contribution >= 4 is 39.3 Å². The number of hydrogen-bond acceptors (Lipinski definition) is 2. The molecule has 2 aromatic carbocycles. The van der Waals surface area contributed by atoms with Gasteiger partial charge in [-0.05, 0) is 30.3 Å². The summed E-state index contributed by atoms with van der Waals surface area (Å²) in [5, 5.41) is 13.7. The van der Waals surface area contributed by atoms with Gasteiger partial charge in [-0.3, -0.25) is 0 Å². The van der Waals surface area contributed by atoms with E-state index in [1.54, 1.807) is 24.3 Å². The van der Waals surface area contributed by atoms with E-state index in [2.05, 4.69) is 26.6 Å². The van der Waals surface area contributed by atoms with E-state index in [1.165, 1.54) is 12.1 Å². The van der Waals surface area contributed by atoms with Gasteiger partial charge in [0.05, 0.1) is 11.3 Å². The van der Waals surface area contributed by atoms with Crippen LogP contribution >= 0.6 is 15.9 Å². The SMILES string of the molecule is O=C(Nc1cccc(Br)c1)Nc1c(F)cccc1C(=O)O. The third-order valence-electron chi connectivity index (χ3n) is 2.57. The number of urea groups is 1. The van der Waals surface area contributed by atoms with Crippen LogP contribution in [0.2, 0.25) is 0 Å². The second-order valence-electron chi connectivity index (χ2n) is 4.06. The highest BCUT2D eigenvalue weighted by Gasteiger charge is 2.16. The summed E-state index contributed by atoms with van der Waals surface area (Å²) < 4.78 is 14.4. The number of halogens is 2. The van der Waals surface area contributed by atoms with Gasteiger partial charge in [0.25, 0.3) is 0 Å². The number of carboxylic acids is 1. The summed E-state index contributed by atoms with van der Waals surface area (Å²) >= 11 is 3.25. The summed E-state index contributed by atoms with van der Waals surface area (Å²) in [6, 6.07) is 9.59. The molecule has 0 saturated heterocycles. The van der Waals surface area contributed by atoms with Crippen LogP contribution in [0.1, 0.15) is 10.4 Å². The number of hydrogen-bond donors (Lipinski definition) is 3. The maximum atomic E-state index is 13.7. The summed E-state index contributed by atoms with van der Waals surface area (Å²) in [6.07, 6.45) is 0. The fourth-order valence-electron chi connectivity index (χ4n) is 1.67. The maximum absolute atomic E-state index is 13.7. The van der Waals surface area contributed by atoms with Gasteiger partial charge in [-0.2, -0.15) is 0 Å². The average molecular weight is 353 g/mol. The van der Waals surface area contributed by atoms with Crippen LogP contribution in [-0.2, 0) is 0 Å². The first-order valence-corrected chi connectivity index (χ1v) is 6.62. The van der Waals surface area contributed by atoms with E-state index in [4.69, 9.17) is 5.11 Å². The van der Waals surface area contributed by atoms with Gasteiger partial charge in [0.1, 0.15) is 5.82 Å². The van der Waals surface area contributed by atoms with Gasteiger partial charge in [0.15, 0.2) is 0 Å². The van der Waals surface area contributed by atoms with Crippen LogP contribution in [0.5, 0.6) is 0 Å². The smallest absolute Gasteiger partial charge is 0.337 e. The molecule has 2 amide bonds. The van der Waals surface area contributed by atoms with Crippen molar-refractivity contribution in [1.82, 2.24) is 0 Å². The van der Waals surface area contributed by atoms with E-state index in [0.717, 1.165) is 10.5 Å². The average Bonchev–Trinajstić information content (AvgIpc) is 2.40. The molecule has 0 aliphatic heterocycles.